The molecule has 28 heavy (non-hydrogen) atoms. The standard InChI is InChI=1S/C17H26F2N4O4S/c1-10(20)8-12(18)13(19)11(2)17(6)9-28(25,26)23(7)14(22-17)21-15(24)27-16(3,4)5/h8H,2,9,20H2,1,3-7H3,(H,21,22,24)/b10-8+,13-12-/t17-/m0/s1. The number of hydrogen-bond donors (Lipinski definition) is 2. The average Bonchev–Trinajstić information content (AvgIpc) is 2.47. The number of ether oxygens (including phenoxy) is 1. The molecule has 0 spiro atoms. The third-order valence-corrected chi connectivity index (χ3v) is 5.56. The van der Waals surface area contributed by atoms with Crippen LogP contribution in [0, 0.1) is 0 Å². The van der Waals surface area contributed by atoms with Gasteiger partial charge in [0.05, 0.1) is 5.75 Å². The van der Waals surface area contributed by atoms with E-state index < -0.39 is 56.2 Å². The van der Waals surface area contributed by atoms with Gasteiger partial charge < -0.3 is 10.5 Å². The Kier molecular flexibility index (Phi) is 6.66. The van der Waals surface area contributed by atoms with Crippen LogP contribution in [0.25, 0.3) is 0 Å². The van der Waals surface area contributed by atoms with Crippen LogP contribution in [0.1, 0.15) is 34.6 Å². The zero-order valence-corrected chi connectivity index (χ0v) is 17.6. The number of carbonyl (C=O) groups excluding carboxylic acids is 1. The Morgan fingerprint density at radius 1 is 1.43 bits per heavy atom. The van der Waals surface area contributed by atoms with Gasteiger partial charge >= 0.3 is 6.09 Å². The summed E-state index contributed by atoms with van der Waals surface area (Å²) in [7, 11) is -2.85. The van der Waals surface area contributed by atoms with Gasteiger partial charge in [0.2, 0.25) is 16.0 Å². The normalized spacial score (nSPS) is 23.5. The largest absolute Gasteiger partial charge is 0.444 e. The van der Waals surface area contributed by atoms with E-state index in [4.69, 9.17) is 10.5 Å². The molecule has 0 saturated carbocycles. The minimum absolute atomic E-state index is 0.0115. The van der Waals surface area contributed by atoms with Gasteiger partial charge in [0, 0.05) is 18.3 Å². The summed E-state index contributed by atoms with van der Waals surface area (Å²) in [6, 6.07) is 0. The van der Waals surface area contributed by atoms with Crippen LogP contribution in [0.4, 0.5) is 13.6 Å². The number of rotatable bonds is 3. The van der Waals surface area contributed by atoms with E-state index in [0.29, 0.717) is 0 Å². The van der Waals surface area contributed by atoms with Crippen molar-refractivity contribution in [3.05, 3.63) is 35.6 Å². The molecule has 1 atom stereocenters. The smallest absolute Gasteiger partial charge is 0.414 e. The highest BCUT2D eigenvalue weighted by Crippen LogP contribution is 2.34. The molecule has 8 nitrogen and oxygen atoms in total. The van der Waals surface area contributed by atoms with E-state index in [1.807, 2.05) is 0 Å². The molecular weight excluding hydrogens is 394 g/mol. The zero-order valence-electron chi connectivity index (χ0n) is 16.8. The molecule has 1 rings (SSSR count). The molecule has 0 radical (unpaired) electrons. The number of sulfonamides is 1. The van der Waals surface area contributed by atoms with E-state index in [9.17, 15) is 22.0 Å². The number of halogens is 2. The van der Waals surface area contributed by atoms with E-state index in [2.05, 4.69) is 16.9 Å². The molecular formula is C17H26F2N4O4S. The van der Waals surface area contributed by atoms with Gasteiger partial charge in [0.15, 0.2) is 11.7 Å². The highest BCUT2D eigenvalue weighted by Gasteiger charge is 2.44. The summed E-state index contributed by atoms with van der Waals surface area (Å²) in [6.07, 6.45) is -0.205. The maximum Gasteiger partial charge on any atom is 0.414 e. The minimum Gasteiger partial charge on any atom is -0.444 e. The second kappa shape index (κ2) is 7.90. The highest BCUT2D eigenvalue weighted by atomic mass is 32.2. The molecule has 0 saturated heterocycles. The maximum atomic E-state index is 14.5. The first-order valence-corrected chi connectivity index (χ1v) is 9.85. The van der Waals surface area contributed by atoms with Gasteiger partial charge in [0.1, 0.15) is 11.1 Å². The lowest BCUT2D eigenvalue weighted by molar-refractivity contribution is 0.0559. The lowest BCUT2D eigenvalue weighted by atomic mass is 9.94. The summed E-state index contributed by atoms with van der Waals surface area (Å²) >= 11 is 0. The van der Waals surface area contributed by atoms with Gasteiger partial charge in [-0.2, -0.15) is 0 Å². The van der Waals surface area contributed by atoms with Crippen molar-refractivity contribution in [1.82, 2.24) is 9.62 Å². The monoisotopic (exact) mass is 420 g/mol. The minimum atomic E-state index is -4.02. The molecule has 0 aromatic rings. The molecule has 158 valence electrons. The lowest BCUT2D eigenvalue weighted by Gasteiger charge is -2.36. The molecule has 0 fully saturated rings. The predicted molar refractivity (Wildman–Crippen MR) is 103 cm³/mol. The third kappa shape index (κ3) is 5.78. The molecule has 0 aromatic carbocycles. The Labute approximate surface area is 163 Å². The second-order valence-electron chi connectivity index (χ2n) is 7.59. The van der Waals surface area contributed by atoms with Gasteiger partial charge in [-0.05, 0) is 40.7 Å². The fourth-order valence-electron chi connectivity index (χ4n) is 2.22. The van der Waals surface area contributed by atoms with Gasteiger partial charge in [-0.15, -0.1) is 0 Å². The number of nitrogens with zero attached hydrogens (tertiary/aromatic N) is 2. The molecule has 1 aliphatic heterocycles. The first-order chi connectivity index (χ1) is 12.5. The van der Waals surface area contributed by atoms with E-state index >= 15 is 0 Å². The van der Waals surface area contributed by atoms with Crippen LogP contribution >= 0.6 is 0 Å². The fourth-order valence-corrected chi connectivity index (χ4v) is 3.71. The van der Waals surface area contributed by atoms with Crippen molar-refractivity contribution in [2.75, 3.05) is 12.8 Å². The number of nitrogens with two attached hydrogens (primary N) is 1. The van der Waals surface area contributed by atoms with Crippen LogP contribution in [0.2, 0.25) is 0 Å². The third-order valence-electron chi connectivity index (χ3n) is 3.62. The van der Waals surface area contributed by atoms with Crippen LogP contribution in [-0.2, 0) is 14.8 Å². The molecule has 3 N–H and O–H groups in total. The van der Waals surface area contributed by atoms with Crippen molar-refractivity contribution in [3.63, 3.8) is 0 Å². The van der Waals surface area contributed by atoms with Crippen molar-refractivity contribution >= 4 is 22.1 Å². The molecule has 0 unspecified atom stereocenters. The maximum absolute atomic E-state index is 14.5. The molecule has 1 aliphatic rings. The van der Waals surface area contributed by atoms with Crippen molar-refractivity contribution in [1.29, 1.82) is 0 Å². The SMILES string of the molecule is C=C(/C(F)=C(F)\C=C(/C)N)[C@]1(C)CS(=O)(=O)N(C)C(NC(=O)OC(C)(C)C)=N1. The summed E-state index contributed by atoms with van der Waals surface area (Å²) in [6.45, 7) is 11.0. The Hall–Kier alpha value is -2.43. The Morgan fingerprint density at radius 3 is 2.43 bits per heavy atom. The number of carbonyl (C=O) groups is 1. The topological polar surface area (TPSA) is 114 Å². The summed E-state index contributed by atoms with van der Waals surface area (Å²) < 4.78 is 59.2. The number of allylic oxidation sites excluding steroid dienone is 3. The summed E-state index contributed by atoms with van der Waals surface area (Å²) in [5, 5.41) is 2.22. The number of amides is 1. The highest BCUT2D eigenvalue weighted by molar-refractivity contribution is 7.89. The Morgan fingerprint density at radius 2 is 1.96 bits per heavy atom. The number of alkyl carbamates (subject to hydrolysis) is 1. The summed E-state index contributed by atoms with van der Waals surface area (Å²) in [5.74, 6) is -3.77. The van der Waals surface area contributed by atoms with Crippen LogP contribution in [0.3, 0.4) is 0 Å². The number of aliphatic imine (C=N–C) groups is 1. The Bertz CT molecular complexity index is 868. The average molecular weight is 420 g/mol. The number of guanidine groups is 1. The number of hydrogen-bond acceptors (Lipinski definition) is 6. The summed E-state index contributed by atoms with van der Waals surface area (Å²) in [4.78, 5) is 16.1. The van der Waals surface area contributed by atoms with Crippen LogP contribution < -0.4 is 11.1 Å². The Balaban J connectivity index is 3.37. The molecule has 1 amide bonds. The van der Waals surface area contributed by atoms with E-state index in [1.54, 1.807) is 20.8 Å². The first-order valence-electron chi connectivity index (χ1n) is 8.24. The number of nitrogens with one attached hydrogen (secondary N) is 1. The van der Waals surface area contributed by atoms with E-state index in [-0.39, 0.29) is 5.70 Å². The van der Waals surface area contributed by atoms with Gasteiger partial charge in [-0.25, -0.2) is 31.3 Å². The molecule has 11 heteroatoms. The van der Waals surface area contributed by atoms with Crippen LogP contribution in [0.5, 0.6) is 0 Å². The lowest BCUT2D eigenvalue weighted by Crippen LogP contribution is -2.55. The predicted octanol–water partition coefficient (Wildman–Crippen LogP) is 2.47. The van der Waals surface area contributed by atoms with Crippen LogP contribution in [0.15, 0.2) is 40.6 Å². The quantitative estimate of drug-likeness (QED) is 0.681. The van der Waals surface area contributed by atoms with Crippen molar-refractivity contribution in [2.45, 2.75) is 45.8 Å². The van der Waals surface area contributed by atoms with Crippen molar-refractivity contribution in [2.24, 2.45) is 10.7 Å². The molecule has 0 bridgehead atoms. The zero-order chi connectivity index (χ0) is 22.1. The fraction of sp³-hybridized carbons (Fsp3) is 0.529. The van der Waals surface area contributed by atoms with Crippen molar-refractivity contribution < 1.29 is 26.7 Å². The van der Waals surface area contributed by atoms with E-state index in [0.717, 1.165) is 10.4 Å². The first kappa shape index (κ1) is 23.6. The van der Waals surface area contributed by atoms with Crippen molar-refractivity contribution in [3.8, 4) is 0 Å². The summed E-state index contributed by atoms with van der Waals surface area (Å²) in [5.41, 5.74) is 2.22. The van der Waals surface area contributed by atoms with Gasteiger partial charge in [-0.1, -0.05) is 6.58 Å². The second-order valence-corrected chi connectivity index (χ2v) is 9.59. The van der Waals surface area contributed by atoms with E-state index in [1.165, 1.54) is 20.9 Å². The van der Waals surface area contributed by atoms with Gasteiger partial charge in [-0.3, -0.25) is 5.32 Å². The van der Waals surface area contributed by atoms with Crippen LogP contribution in [-0.4, -0.2) is 48.7 Å². The molecule has 1 heterocycles. The molecule has 0 aliphatic carbocycles. The van der Waals surface area contributed by atoms with Gasteiger partial charge in [0.25, 0.3) is 0 Å². The molecule has 0 aromatic heterocycles.